The lowest BCUT2D eigenvalue weighted by atomic mass is 10.7. The van der Waals surface area contributed by atoms with Crippen molar-refractivity contribution in [3.05, 3.63) is 0 Å². The number of rotatable bonds is 6. The van der Waals surface area contributed by atoms with Crippen LogP contribution < -0.4 is 10.6 Å². The third-order valence-corrected chi connectivity index (χ3v) is 1.89. The van der Waals surface area contributed by atoms with E-state index in [1.165, 1.54) is 6.92 Å². The summed E-state index contributed by atoms with van der Waals surface area (Å²) in [7, 11) is -4.17. The first kappa shape index (κ1) is 22.2. The van der Waals surface area contributed by atoms with Gasteiger partial charge in [-0.1, -0.05) is 27.7 Å². The molecule has 0 aliphatic rings. The van der Waals surface area contributed by atoms with Gasteiger partial charge in [0.25, 0.3) is 0 Å². The first-order chi connectivity index (χ1) is 7.89. The summed E-state index contributed by atoms with van der Waals surface area (Å²) in [4.78, 5) is 15.8. The topological polar surface area (TPSA) is 90.8 Å². The molecule has 0 aromatic rings. The molecule has 0 fully saturated rings. The van der Waals surface area contributed by atoms with E-state index < -0.39 is 7.82 Å². The zero-order valence-corrected chi connectivity index (χ0v) is 12.6. The predicted octanol–water partition coefficient (Wildman–Crippen LogP) is 1.35. The molecule has 0 spiro atoms. The minimum Gasteiger partial charge on any atom is -0.317 e. The SMILES string of the molecule is CCNCC.CCNCC.CCOP(=O)(O)O. The van der Waals surface area contributed by atoms with E-state index in [1.807, 2.05) is 0 Å². The molecule has 0 heterocycles. The standard InChI is InChI=1S/2C4H11N.C2H7O4P/c2*1-3-5-4-2;1-2-6-7(3,4)5/h2*5H,3-4H2,1-2H3;2H2,1H3,(H2,3,4,5). The van der Waals surface area contributed by atoms with Crippen LogP contribution in [0.4, 0.5) is 0 Å². The fraction of sp³-hybridized carbons (Fsp3) is 1.00. The second-order valence-corrected chi connectivity index (χ2v) is 4.06. The Hall–Kier alpha value is 0.0300. The highest BCUT2D eigenvalue weighted by Crippen LogP contribution is 2.34. The highest BCUT2D eigenvalue weighted by molar-refractivity contribution is 7.46. The second-order valence-electron chi connectivity index (χ2n) is 2.82. The molecule has 0 saturated carbocycles. The minimum atomic E-state index is -4.17. The van der Waals surface area contributed by atoms with Gasteiger partial charge in [0, 0.05) is 0 Å². The maximum absolute atomic E-state index is 9.70. The Morgan fingerprint density at radius 2 is 1.18 bits per heavy atom. The molecule has 7 heteroatoms. The summed E-state index contributed by atoms with van der Waals surface area (Å²) in [6.07, 6.45) is 0. The van der Waals surface area contributed by atoms with Crippen LogP contribution in [-0.4, -0.2) is 42.6 Å². The summed E-state index contributed by atoms with van der Waals surface area (Å²) in [5.41, 5.74) is 0. The van der Waals surface area contributed by atoms with Crippen LogP contribution >= 0.6 is 7.82 Å². The highest BCUT2D eigenvalue weighted by Gasteiger charge is 2.10. The Labute approximate surface area is 105 Å². The van der Waals surface area contributed by atoms with Crippen LogP contribution in [0.1, 0.15) is 34.6 Å². The van der Waals surface area contributed by atoms with E-state index in [0.29, 0.717) is 0 Å². The molecule has 0 aliphatic carbocycles. The van der Waals surface area contributed by atoms with E-state index in [0.717, 1.165) is 26.2 Å². The van der Waals surface area contributed by atoms with E-state index >= 15 is 0 Å². The lowest BCUT2D eigenvalue weighted by Gasteiger charge is -1.98. The van der Waals surface area contributed by atoms with Crippen molar-refractivity contribution in [3.8, 4) is 0 Å². The molecule has 0 saturated heterocycles. The fourth-order valence-corrected chi connectivity index (χ4v) is 1.00. The monoisotopic (exact) mass is 272 g/mol. The maximum atomic E-state index is 9.70. The van der Waals surface area contributed by atoms with E-state index in [-0.39, 0.29) is 6.61 Å². The first-order valence-electron chi connectivity index (χ1n) is 6.00. The van der Waals surface area contributed by atoms with Crippen LogP contribution in [-0.2, 0) is 9.09 Å². The quantitative estimate of drug-likeness (QED) is 0.546. The second kappa shape index (κ2) is 18.4. The molecule has 0 unspecified atom stereocenters. The van der Waals surface area contributed by atoms with Gasteiger partial charge >= 0.3 is 7.82 Å². The van der Waals surface area contributed by atoms with Crippen molar-refractivity contribution in [2.45, 2.75) is 34.6 Å². The summed E-state index contributed by atoms with van der Waals surface area (Å²) < 4.78 is 13.6. The number of hydrogen-bond acceptors (Lipinski definition) is 4. The molecule has 0 atom stereocenters. The molecule has 0 aromatic heterocycles. The van der Waals surface area contributed by atoms with Gasteiger partial charge in [0.1, 0.15) is 0 Å². The highest BCUT2D eigenvalue weighted by atomic mass is 31.2. The maximum Gasteiger partial charge on any atom is 0.469 e. The number of phosphoric acid groups is 1. The van der Waals surface area contributed by atoms with Crippen LogP contribution in [0.15, 0.2) is 0 Å². The van der Waals surface area contributed by atoms with Crippen LogP contribution in [0.25, 0.3) is 0 Å². The zero-order valence-electron chi connectivity index (χ0n) is 11.7. The average molecular weight is 272 g/mol. The van der Waals surface area contributed by atoms with Gasteiger partial charge in [-0.05, 0) is 33.1 Å². The number of hydrogen-bond donors (Lipinski definition) is 4. The Bertz CT molecular complexity index is 154. The summed E-state index contributed by atoms with van der Waals surface area (Å²) in [6.45, 7) is 14.3. The molecule has 0 aliphatic heterocycles. The number of nitrogens with one attached hydrogen (secondary N) is 2. The van der Waals surface area contributed by atoms with Crippen molar-refractivity contribution >= 4 is 7.82 Å². The lowest BCUT2D eigenvalue weighted by molar-refractivity contribution is 0.206. The van der Waals surface area contributed by atoms with Crippen molar-refractivity contribution in [1.82, 2.24) is 10.6 Å². The molecule has 0 amide bonds. The molecule has 108 valence electrons. The predicted molar refractivity (Wildman–Crippen MR) is 72.1 cm³/mol. The van der Waals surface area contributed by atoms with Gasteiger partial charge in [0.15, 0.2) is 0 Å². The Kier molecular flexibility index (Phi) is 24.1. The van der Waals surface area contributed by atoms with Gasteiger partial charge in [-0.3, -0.25) is 4.52 Å². The third-order valence-electron chi connectivity index (χ3n) is 1.30. The van der Waals surface area contributed by atoms with E-state index in [2.05, 4.69) is 42.9 Å². The van der Waals surface area contributed by atoms with Gasteiger partial charge in [0.2, 0.25) is 0 Å². The van der Waals surface area contributed by atoms with E-state index in [1.54, 1.807) is 0 Å². The smallest absolute Gasteiger partial charge is 0.317 e. The molecule has 0 rings (SSSR count). The zero-order chi connectivity index (χ0) is 14.2. The summed E-state index contributed by atoms with van der Waals surface area (Å²) in [6, 6.07) is 0. The minimum absolute atomic E-state index is 0.0459. The van der Waals surface area contributed by atoms with Crippen molar-refractivity contribution < 1.29 is 18.9 Å². The number of phosphoric ester groups is 1. The third kappa shape index (κ3) is 48.9. The van der Waals surface area contributed by atoms with Gasteiger partial charge < -0.3 is 20.4 Å². The Morgan fingerprint density at radius 3 is 1.18 bits per heavy atom. The van der Waals surface area contributed by atoms with Crippen LogP contribution in [0.2, 0.25) is 0 Å². The largest absolute Gasteiger partial charge is 0.469 e. The first-order valence-corrected chi connectivity index (χ1v) is 7.53. The van der Waals surface area contributed by atoms with Gasteiger partial charge in [-0.2, -0.15) is 0 Å². The van der Waals surface area contributed by atoms with E-state index in [4.69, 9.17) is 9.79 Å². The molecular formula is C10H29N2O4P. The van der Waals surface area contributed by atoms with Crippen molar-refractivity contribution in [2.24, 2.45) is 0 Å². The van der Waals surface area contributed by atoms with Crippen LogP contribution in [0.3, 0.4) is 0 Å². The van der Waals surface area contributed by atoms with Crippen molar-refractivity contribution in [1.29, 1.82) is 0 Å². The summed E-state index contributed by atoms with van der Waals surface area (Å²) >= 11 is 0. The van der Waals surface area contributed by atoms with Crippen LogP contribution in [0, 0.1) is 0 Å². The van der Waals surface area contributed by atoms with Gasteiger partial charge in [0.05, 0.1) is 6.61 Å². The Balaban J connectivity index is -0.000000177. The summed E-state index contributed by atoms with van der Waals surface area (Å²) in [5.74, 6) is 0. The van der Waals surface area contributed by atoms with Gasteiger partial charge in [-0.25, -0.2) is 4.57 Å². The molecule has 0 bridgehead atoms. The molecule has 6 nitrogen and oxygen atoms in total. The van der Waals surface area contributed by atoms with Crippen LogP contribution in [0.5, 0.6) is 0 Å². The molecular weight excluding hydrogens is 243 g/mol. The van der Waals surface area contributed by atoms with Gasteiger partial charge in [-0.15, -0.1) is 0 Å². The normalized spacial score (nSPS) is 9.82. The average Bonchev–Trinajstić information content (AvgIpc) is 2.20. The molecule has 17 heavy (non-hydrogen) atoms. The molecule has 4 N–H and O–H groups in total. The summed E-state index contributed by atoms with van der Waals surface area (Å²) in [5, 5.41) is 6.22. The Morgan fingerprint density at radius 1 is 0.882 bits per heavy atom. The lowest BCUT2D eigenvalue weighted by Crippen LogP contribution is -2.09. The van der Waals surface area contributed by atoms with E-state index in [9.17, 15) is 4.57 Å². The van der Waals surface area contributed by atoms with Crippen molar-refractivity contribution in [3.63, 3.8) is 0 Å². The fourth-order valence-electron chi connectivity index (χ4n) is 0.668. The molecule has 0 radical (unpaired) electrons. The van der Waals surface area contributed by atoms with Crippen molar-refractivity contribution in [2.75, 3.05) is 32.8 Å². The molecule has 0 aromatic carbocycles.